The van der Waals surface area contributed by atoms with Gasteiger partial charge in [-0.15, -0.1) is 0 Å². The number of amides is 2. The van der Waals surface area contributed by atoms with Gasteiger partial charge in [0.1, 0.15) is 5.82 Å². The van der Waals surface area contributed by atoms with Crippen LogP contribution >= 0.6 is 0 Å². The lowest BCUT2D eigenvalue weighted by molar-refractivity contribution is -0.117. The van der Waals surface area contributed by atoms with Crippen LogP contribution in [0.5, 0.6) is 0 Å². The van der Waals surface area contributed by atoms with Gasteiger partial charge in [0, 0.05) is 44.1 Å². The molecule has 2 aliphatic rings. The summed E-state index contributed by atoms with van der Waals surface area (Å²) in [4.78, 5) is 33.6. The molecule has 2 amide bonds. The molecular formula is C23H29N5O3. The van der Waals surface area contributed by atoms with Gasteiger partial charge in [-0.2, -0.15) is 0 Å². The van der Waals surface area contributed by atoms with Crippen LogP contribution in [0.3, 0.4) is 0 Å². The van der Waals surface area contributed by atoms with Gasteiger partial charge >= 0.3 is 0 Å². The van der Waals surface area contributed by atoms with E-state index in [9.17, 15) is 9.59 Å². The van der Waals surface area contributed by atoms with Crippen molar-refractivity contribution in [2.45, 2.75) is 18.9 Å². The number of rotatable bonds is 6. The number of benzene rings is 1. The third-order valence-electron chi connectivity index (χ3n) is 5.69. The van der Waals surface area contributed by atoms with Gasteiger partial charge in [0.2, 0.25) is 5.91 Å². The lowest BCUT2D eigenvalue weighted by atomic mass is 10.0. The van der Waals surface area contributed by atoms with Crippen molar-refractivity contribution in [3.63, 3.8) is 0 Å². The van der Waals surface area contributed by atoms with E-state index >= 15 is 0 Å². The molecule has 0 spiro atoms. The Kier molecular flexibility index (Phi) is 7.11. The van der Waals surface area contributed by atoms with Gasteiger partial charge in [-0.3, -0.25) is 14.5 Å². The average molecular weight is 424 g/mol. The molecule has 2 saturated heterocycles. The highest BCUT2D eigenvalue weighted by molar-refractivity contribution is 5.94. The summed E-state index contributed by atoms with van der Waals surface area (Å²) in [6.45, 7) is 4.97. The summed E-state index contributed by atoms with van der Waals surface area (Å²) >= 11 is 0. The van der Waals surface area contributed by atoms with Crippen molar-refractivity contribution in [1.82, 2.24) is 15.2 Å². The van der Waals surface area contributed by atoms with Crippen LogP contribution in [0.2, 0.25) is 0 Å². The zero-order valence-corrected chi connectivity index (χ0v) is 17.6. The molecule has 31 heavy (non-hydrogen) atoms. The summed E-state index contributed by atoms with van der Waals surface area (Å²) in [5.74, 6) is 0.767. The number of morpholine rings is 1. The second kappa shape index (κ2) is 10.4. The maximum atomic E-state index is 12.6. The first-order valence-electron chi connectivity index (χ1n) is 10.8. The number of para-hydroxylation sites is 1. The highest BCUT2D eigenvalue weighted by atomic mass is 16.5. The lowest BCUT2D eigenvalue weighted by Crippen LogP contribution is -2.46. The maximum absolute atomic E-state index is 12.6. The van der Waals surface area contributed by atoms with Crippen molar-refractivity contribution in [2.24, 2.45) is 0 Å². The Morgan fingerprint density at radius 3 is 2.42 bits per heavy atom. The summed E-state index contributed by atoms with van der Waals surface area (Å²) in [6.07, 6.45) is 3.29. The van der Waals surface area contributed by atoms with Gasteiger partial charge in [0.15, 0.2) is 0 Å². The summed E-state index contributed by atoms with van der Waals surface area (Å²) in [5, 5.41) is 6.02. The first-order chi connectivity index (χ1) is 15.2. The molecule has 2 aromatic rings. The molecule has 8 heteroatoms. The topological polar surface area (TPSA) is 86.8 Å². The van der Waals surface area contributed by atoms with Crippen molar-refractivity contribution >= 4 is 23.3 Å². The van der Waals surface area contributed by atoms with Gasteiger partial charge in [0.25, 0.3) is 5.91 Å². The van der Waals surface area contributed by atoms with Crippen LogP contribution in [-0.2, 0) is 9.53 Å². The predicted octanol–water partition coefficient (Wildman–Crippen LogP) is 1.75. The molecule has 2 N–H and O–H groups in total. The van der Waals surface area contributed by atoms with E-state index < -0.39 is 0 Å². The molecule has 0 aliphatic carbocycles. The number of hydrogen-bond donors (Lipinski definition) is 2. The van der Waals surface area contributed by atoms with E-state index in [0.29, 0.717) is 25.3 Å². The SMILES string of the molecule is O=C(CN1CCC(NC(=O)c2ccc(N3CCOCC3)nc2)CC1)Nc1ccccc1. The van der Waals surface area contributed by atoms with Crippen LogP contribution in [-0.4, -0.2) is 73.7 Å². The molecule has 0 unspecified atom stereocenters. The fraction of sp³-hybridized carbons (Fsp3) is 0.435. The zero-order chi connectivity index (χ0) is 21.5. The molecule has 164 valence electrons. The number of ether oxygens (including phenoxy) is 1. The summed E-state index contributed by atoms with van der Waals surface area (Å²) < 4.78 is 5.36. The van der Waals surface area contributed by atoms with E-state index in [1.807, 2.05) is 42.5 Å². The lowest BCUT2D eigenvalue weighted by Gasteiger charge is -2.32. The third-order valence-corrected chi connectivity index (χ3v) is 5.69. The van der Waals surface area contributed by atoms with Crippen molar-refractivity contribution in [1.29, 1.82) is 0 Å². The fourth-order valence-corrected chi connectivity index (χ4v) is 3.93. The highest BCUT2D eigenvalue weighted by Gasteiger charge is 2.23. The van der Waals surface area contributed by atoms with Crippen LogP contribution in [0.25, 0.3) is 0 Å². The minimum atomic E-state index is -0.0960. The highest BCUT2D eigenvalue weighted by Crippen LogP contribution is 2.15. The number of likely N-dealkylation sites (tertiary alicyclic amines) is 1. The Balaban J connectivity index is 1.20. The van der Waals surface area contributed by atoms with Crippen LogP contribution in [0.4, 0.5) is 11.5 Å². The van der Waals surface area contributed by atoms with Crippen LogP contribution in [0.15, 0.2) is 48.7 Å². The predicted molar refractivity (Wildman–Crippen MR) is 119 cm³/mol. The van der Waals surface area contributed by atoms with Crippen molar-refractivity contribution < 1.29 is 14.3 Å². The second-order valence-corrected chi connectivity index (χ2v) is 7.94. The van der Waals surface area contributed by atoms with Gasteiger partial charge in [-0.25, -0.2) is 4.98 Å². The Labute approximate surface area is 182 Å². The van der Waals surface area contributed by atoms with Gasteiger partial charge in [0.05, 0.1) is 25.3 Å². The molecule has 3 heterocycles. The monoisotopic (exact) mass is 423 g/mol. The van der Waals surface area contributed by atoms with E-state index in [-0.39, 0.29) is 17.9 Å². The third kappa shape index (κ3) is 6.02. The van der Waals surface area contributed by atoms with E-state index in [0.717, 1.165) is 50.5 Å². The number of carbonyl (C=O) groups is 2. The van der Waals surface area contributed by atoms with Gasteiger partial charge in [-0.1, -0.05) is 18.2 Å². The van der Waals surface area contributed by atoms with E-state index in [1.54, 1.807) is 6.20 Å². The minimum absolute atomic E-state index is 0.0138. The second-order valence-electron chi connectivity index (χ2n) is 7.94. The molecule has 0 bridgehead atoms. The van der Waals surface area contributed by atoms with Crippen LogP contribution < -0.4 is 15.5 Å². The number of nitrogens with one attached hydrogen (secondary N) is 2. The molecule has 2 aliphatic heterocycles. The molecule has 8 nitrogen and oxygen atoms in total. The molecule has 1 aromatic heterocycles. The molecule has 0 radical (unpaired) electrons. The summed E-state index contributed by atoms with van der Waals surface area (Å²) in [7, 11) is 0. The number of pyridine rings is 1. The Morgan fingerprint density at radius 2 is 1.74 bits per heavy atom. The maximum Gasteiger partial charge on any atom is 0.253 e. The van der Waals surface area contributed by atoms with Crippen molar-refractivity contribution in [3.05, 3.63) is 54.2 Å². The van der Waals surface area contributed by atoms with Crippen LogP contribution in [0.1, 0.15) is 23.2 Å². The van der Waals surface area contributed by atoms with E-state index in [2.05, 4.69) is 25.4 Å². The quantitative estimate of drug-likeness (QED) is 0.736. The fourth-order valence-electron chi connectivity index (χ4n) is 3.93. The number of nitrogens with zero attached hydrogens (tertiary/aromatic N) is 3. The molecule has 4 rings (SSSR count). The minimum Gasteiger partial charge on any atom is -0.378 e. The van der Waals surface area contributed by atoms with Crippen molar-refractivity contribution in [3.8, 4) is 0 Å². The summed E-state index contributed by atoms with van der Waals surface area (Å²) in [5.41, 5.74) is 1.38. The summed E-state index contributed by atoms with van der Waals surface area (Å²) in [6, 6.07) is 13.3. The van der Waals surface area contributed by atoms with Gasteiger partial charge < -0.3 is 20.3 Å². The first kappa shape index (κ1) is 21.3. The average Bonchev–Trinajstić information content (AvgIpc) is 2.81. The largest absolute Gasteiger partial charge is 0.378 e. The Morgan fingerprint density at radius 1 is 1.00 bits per heavy atom. The normalized spacial score (nSPS) is 17.9. The number of aromatic nitrogens is 1. The molecule has 0 saturated carbocycles. The number of hydrogen-bond acceptors (Lipinski definition) is 6. The van der Waals surface area contributed by atoms with E-state index in [1.165, 1.54) is 0 Å². The Hall–Kier alpha value is -2.97. The molecule has 1 aromatic carbocycles. The van der Waals surface area contributed by atoms with E-state index in [4.69, 9.17) is 4.74 Å². The molecular weight excluding hydrogens is 394 g/mol. The van der Waals surface area contributed by atoms with Gasteiger partial charge in [-0.05, 0) is 37.1 Å². The van der Waals surface area contributed by atoms with Crippen LogP contribution in [0, 0.1) is 0 Å². The molecule has 0 atom stereocenters. The standard InChI is InChI=1S/C23H29N5O3/c29-22(25-19-4-2-1-3-5-19)17-27-10-8-20(9-11-27)26-23(30)18-6-7-21(24-16-18)28-12-14-31-15-13-28/h1-7,16,20H,8-15,17H2,(H,25,29)(H,26,30). The Bertz CT molecular complexity index is 861. The smallest absolute Gasteiger partial charge is 0.253 e. The molecule has 2 fully saturated rings. The first-order valence-corrected chi connectivity index (χ1v) is 10.8. The zero-order valence-electron chi connectivity index (χ0n) is 17.6. The number of piperidine rings is 1. The number of carbonyl (C=O) groups excluding carboxylic acids is 2. The number of anilines is 2. The van der Waals surface area contributed by atoms with Crippen molar-refractivity contribution in [2.75, 3.05) is 56.2 Å².